The van der Waals surface area contributed by atoms with Crippen molar-refractivity contribution in [2.75, 3.05) is 25.0 Å². The maximum absolute atomic E-state index is 14.4. The first-order valence-electron chi connectivity index (χ1n) is 13.2. The fourth-order valence-corrected chi connectivity index (χ4v) is 6.62. The summed E-state index contributed by atoms with van der Waals surface area (Å²) >= 11 is 6.46. The molecule has 2 aromatic carbocycles. The van der Waals surface area contributed by atoms with Crippen molar-refractivity contribution in [3.05, 3.63) is 87.4 Å². The van der Waals surface area contributed by atoms with E-state index in [1.807, 2.05) is 27.0 Å². The molecular formula is C30H32ClFN3O4+. The molecule has 3 aromatic rings. The van der Waals surface area contributed by atoms with E-state index in [-0.39, 0.29) is 38.8 Å². The molecule has 0 spiro atoms. The van der Waals surface area contributed by atoms with Crippen molar-refractivity contribution in [1.82, 2.24) is 4.98 Å². The molecule has 2 aliphatic rings. The van der Waals surface area contributed by atoms with Gasteiger partial charge in [0.25, 0.3) is 0 Å². The van der Waals surface area contributed by atoms with Gasteiger partial charge in [-0.15, -0.1) is 0 Å². The van der Waals surface area contributed by atoms with Crippen molar-refractivity contribution in [1.29, 1.82) is 0 Å². The van der Waals surface area contributed by atoms with Gasteiger partial charge in [0.2, 0.25) is 0 Å². The van der Waals surface area contributed by atoms with Gasteiger partial charge in [0.1, 0.15) is 23.2 Å². The second-order valence-electron chi connectivity index (χ2n) is 10.7. The topological polar surface area (TPSA) is 79.7 Å². The summed E-state index contributed by atoms with van der Waals surface area (Å²) in [6, 6.07) is 13.0. The number of amides is 1. The van der Waals surface area contributed by atoms with Crippen LogP contribution in [0.2, 0.25) is 5.02 Å². The Bertz CT molecular complexity index is 1420. The minimum atomic E-state index is -1.39. The van der Waals surface area contributed by atoms with Crippen LogP contribution >= 0.6 is 11.6 Å². The number of anilines is 1. The summed E-state index contributed by atoms with van der Waals surface area (Å²) in [4.78, 5) is 32.4. The number of piperidine rings is 1. The first-order chi connectivity index (χ1) is 18.6. The van der Waals surface area contributed by atoms with E-state index >= 15 is 0 Å². The molecule has 7 nitrogen and oxygen atoms in total. The van der Waals surface area contributed by atoms with Gasteiger partial charge in [-0.2, -0.15) is 0 Å². The Hall–Kier alpha value is -3.49. The number of hydrogen-bond acceptors (Lipinski definition) is 5. The number of carbonyl (C=O) groups excluding carboxylic acids is 1. The first-order valence-corrected chi connectivity index (χ1v) is 13.5. The average Bonchev–Trinajstić information content (AvgIpc) is 3.32. The zero-order valence-electron chi connectivity index (χ0n) is 22.3. The van der Waals surface area contributed by atoms with Gasteiger partial charge in [0, 0.05) is 55.0 Å². The minimum Gasteiger partial charge on any atom is -0.449 e. The molecule has 1 N–H and O–H groups in total. The largest absolute Gasteiger partial charge is 0.511 e. The van der Waals surface area contributed by atoms with Gasteiger partial charge in [0.15, 0.2) is 0 Å². The molecular weight excluding hydrogens is 521 g/mol. The van der Waals surface area contributed by atoms with E-state index in [1.54, 1.807) is 12.1 Å². The van der Waals surface area contributed by atoms with Crippen LogP contribution in [-0.4, -0.2) is 52.8 Å². The van der Waals surface area contributed by atoms with Crippen LogP contribution in [-0.2, 0) is 6.42 Å². The summed E-state index contributed by atoms with van der Waals surface area (Å²) in [5.41, 5.74) is 5.15. The second-order valence-corrected chi connectivity index (χ2v) is 11.1. The van der Waals surface area contributed by atoms with Crippen LogP contribution in [0.5, 0.6) is 5.75 Å². The van der Waals surface area contributed by atoms with Crippen LogP contribution in [0.4, 0.5) is 14.9 Å². The molecule has 2 heterocycles. The second kappa shape index (κ2) is 10.6. The Morgan fingerprint density at radius 1 is 1.05 bits per heavy atom. The number of halogens is 2. The molecule has 5 rings (SSSR count). The maximum atomic E-state index is 14.4. The molecule has 1 amide bonds. The van der Waals surface area contributed by atoms with Gasteiger partial charge in [0.05, 0.1) is 18.1 Å². The average molecular weight is 553 g/mol. The highest BCUT2D eigenvalue weighted by atomic mass is 35.5. The van der Waals surface area contributed by atoms with E-state index in [2.05, 4.69) is 22.0 Å². The lowest BCUT2D eigenvalue weighted by atomic mass is 9.93. The quantitative estimate of drug-likeness (QED) is 0.221. The van der Waals surface area contributed by atoms with Gasteiger partial charge in [-0.1, -0.05) is 17.7 Å². The molecule has 2 atom stereocenters. The number of hydrogen-bond donors (Lipinski definition) is 1. The number of nitrogens with zero attached hydrogens (tertiary/aromatic N) is 3. The van der Waals surface area contributed by atoms with E-state index in [0.29, 0.717) is 6.42 Å². The van der Waals surface area contributed by atoms with Gasteiger partial charge >= 0.3 is 12.1 Å². The monoisotopic (exact) mass is 552 g/mol. The first kappa shape index (κ1) is 27.1. The van der Waals surface area contributed by atoms with Crippen molar-refractivity contribution in [2.45, 2.75) is 51.6 Å². The third-order valence-corrected chi connectivity index (χ3v) is 8.60. The van der Waals surface area contributed by atoms with Crippen LogP contribution in [0.3, 0.4) is 0 Å². The molecule has 2 unspecified atom stereocenters. The fourth-order valence-electron chi connectivity index (χ4n) is 6.42. The van der Waals surface area contributed by atoms with Crippen molar-refractivity contribution in [3.63, 3.8) is 0 Å². The van der Waals surface area contributed by atoms with Crippen LogP contribution in [0.1, 0.15) is 58.2 Å². The molecule has 39 heavy (non-hydrogen) atoms. The predicted molar refractivity (Wildman–Crippen MR) is 147 cm³/mol. The van der Waals surface area contributed by atoms with Gasteiger partial charge < -0.3 is 14.7 Å². The lowest BCUT2D eigenvalue weighted by Gasteiger charge is -2.47. The Morgan fingerprint density at radius 2 is 1.74 bits per heavy atom. The molecule has 9 heteroatoms. The van der Waals surface area contributed by atoms with Gasteiger partial charge in [-0.05, 0) is 68.3 Å². The van der Waals surface area contributed by atoms with E-state index in [0.717, 1.165) is 60.6 Å². The van der Waals surface area contributed by atoms with Crippen LogP contribution in [0.15, 0.2) is 48.5 Å². The van der Waals surface area contributed by atoms with E-state index < -0.39 is 12.0 Å². The molecule has 0 saturated carbocycles. The Labute approximate surface area is 232 Å². The number of quaternary nitrogens is 1. The lowest BCUT2D eigenvalue weighted by molar-refractivity contribution is -0.887. The van der Waals surface area contributed by atoms with Crippen molar-refractivity contribution in [2.24, 2.45) is 0 Å². The summed E-state index contributed by atoms with van der Waals surface area (Å²) in [6.45, 7) is 5.48. The molecule has 204 valence electrons. The number of aromatic nitrogens is 1. The summed E-state index contributed by atoms with van der Waals surface area (Å²) < 4.78 is 19.3. The van der Waals surface area contributed by atoms with E-state index in [9.17, 15) is 14.0 Å². The van der Waals surface area contributed by atoms with Gasteiger partial charge in [-0.25, -0.2) is 18.5 Å². The summed E-state index contributed by atoms with van der Waals surface area (Å²) in [7, 11) is 1.93. The number of fused-ring (bicyclic) bond motifs is 1. The Balaban J connectivity index is 1.52. The molecule has 1 aliphatic carbocycles. The molecule has 0 bridgehead atoms. The van der Waals surface area contributed by atoms with Crippen LogP contribution in [0.25, 0.3) is 0 Å². The van der Waals surface area contributed by atoms with E-state index in [1.165, 1.54) is 18.2 Å². The Kier molecular flexibility index (Phi) is 7.35. The SMILES string of the molecule is Cc1cc(N2CCC([N+](C)(C(=O)c3cc(F)ccc3Cl)C3CCc4ccc(OC(=O)O)cc43)CC2)cc(C)n1. The molecule has 0 radical (unpaired) electrons. The smallest absolute Gasteiger partial charge is 0.449 e. The van der Waals surface area contributed by atoms with E-state index in [4.69, 9.17) is 21.4 Å². The standard InChI is InChI=1S/C30H31ClFN3O4/c1-18-14-22(15-19(2)33-18)34-12-10-23(11-13-34)35(3,29(36)26-16-21(32)6-8-27(26)31)28-9-5-20-4-7-24(17-25(20)28)39-30(37)38/h4,6-8,14-17,23,28H,5,9-13H2,1-3H3/p+1. The number of pyridine rings is 1. The minimum absolute atomic E-state index is 0.0228. The van der Waals surface area contributed by atoms with Crippen molar-refractivity contribution >= 4 is 29.4 Å². The molecule has 1 fully saturated rings. The van der Waals surface area contributed by atoms with Crippen LogP contribution < -0.4 is 9.64 Å². The summed E-state index contributed by atoms with van der Waals surface area (Å²) in [6.07, 6.45) is 1.54. The highest BCUT2D eigenvalue weighted by Crippen LogP contribution is 2.46. The van der Waals surface area contributed by atoms with Crippen molar-refractivity contribution in [3.8, 4) is 5.75 Å². The molecule has 1 aliphatic heterocycles. The number of carbonyl (C=O) groups is 2. The number of carboxylic acid groups (broad SMARTS) is 1. The zero-order valence-corrected chi connectivity index (χ0v) is 23.0. The van der Waals surface area contributed by atoms with Crippen molar-refractivity contribution < 1.29 is 28.3 Å². The number of ether oxygens (including phenoxy) is 1. The molecule has 1 aromatic heterocycles. The number of rotatable bonds is 5. The normalized spacial score (nSPS) is 18.9. The van der Waals surface area contributed by atoms with Crippen LogP contribution in [0, 0.1) is 19.7 Å². The Morgan fingerprint density at radius 3 is 2.41 bits per heavy atom. The highest BCUT2D eigenvalue weighted by molar-refractivity contribution is 6.33. The maximum Gasteiger partial charge on any atom is 0.511 e. The summed E-state index contributed by atoms with van der Waals surface area (Å²) in [5.74, 6) is -0.540. The third kappa shape index (κ3) is 5.23. The fraction of sp³-hybridized carbons (Fsp3) is 0.367. The summed E-state index contributed by atoms with van der Waals surface area (Å²) in [5, 5.41) is 9.37. The van der Waals surface area contributed by atoms with Gasteiger partial charge in [-0.3, -0.25) is 4.98 Å². The third-order valence-electron chi connectivity index (χ3n) is 8.27. The predicted octanol–water partition coefficient (Wildman–Crippen LogP) is 6.49. The lowest BCUT2D eigenvalue weighted by Crippen LogP contribution is -2.60. The number of benzene rings is 2. The number of aryl methyl sites for hydroxylation is 3. The molecule has 1 saturated heterocycles. The highest BCUT2D eigenvalue weighted by Gasteiger charge is 2.51. The zero-order chi connectivity index (χ0) is 27.9.